The summed E-state index contributed by atoms with van der Waals surface area (Å²) in [6.07, 6.45) is 1.18. The fraction of sp³-hybridized carbons (Fsp3) is 0.571. The number of hydrogen-bond acceptors (Lipinski definition) is 3. The van der Waals surface area contributed by atoms with Crippen molar-refractivity contribution in [3.63, 3.8) is 0 Å². The van der Waals surface area contributed by atoms with Gasteiger partial charge in [0.25, 0.3) is 5.69 Å². The molecule has 0 aliphatic carbocycles. The number of hydrogen-bond donors (Lipinski definition) is 0. The molecule has 1 unspecified atom stereocenters. The second-order valence-corrected chi connectivity index (χ2v) is 5.71. The molecule has 104 valence electrons. The SMILES string of the molecule is CC(C)C1CCN(c2ccc([N+](=O)[O-])cc2CCl)C1. The van der Waals surface area contributed by atoms with Crippen molar-refractivity contribution in [2.75, 3.05) is 18.0 Å². The van der Waals surface area contributed by atoms with Gasteiger partial charge in [-0.3, -0.25) is 10.1 Å². The smallest absolute Gasteiger partial charge is 0.269 e. The molecule has 0 radical (unpaired) electrons. The van der Waals surface area contributed by atoms with E-state index in [2.05, 4.69) is 18.7 Å². The van der Waals surface area contributed by atoms with Gasteiger partial charge >= 0.3 is 0 Å². The second-order valence-electron chi connectivity index (χ2n) is 5.44. The molecule has 0 N–H and O–H groups in total. The minimum absolute atomic E-state index is 0.110. The van der Waals surface area contributed by atoms with Gasteiger partial charge in [0.15, 0.2) is 0 Å². The van der Waals surface area contributed by atoms with E-state index in [9.17, 15) is 10.1 Å². The number of nitro groups is 1. The van der Waals surface area contributed by atoms with Crippen molar-refractivity contribution in [3.05, 3.63) is 33.9 Å². The van der Waals surface area contributed by atoms with Gasteiger partial charge in [-0.25, -0.2) is 0 Å². The Bertz CT molecular complexity index is 477. The van der Waals surface area contributed by atoms with Gasteiger partial charge in [-0.05, 0) is 29.9 Å². The zero-order valence-electron chi connectivity index (χ0n) is 11.3. The summed E-state index contributed by atoms with van der Waals surface area (Å²) < 4.78 is 0. The first kappa shape index (κ1) is 14.1. The standard InChI is InChI=1S/C14H19ClN2O2/c1-10(2)11-5-6-16(9-11)14-4-3-13(17(18)19)7-12(14)8-15/h3-4,7,10-11H,5-6,8-9H2,1-2H3. The van der Waals surface area contributed by atoms with Crippen LogP contribution in [0.3, 0.4) is 0 Å². The van der Waals surface area contributed by atoms with Gasteiger partial charge in [-0.1, -0.05) is 13.8 Å². The molecule has 1 heterocycles. The zero-order chi connectivity index (χ0) is 14.0. The Morgan fingerprint density at radius 2 is 2.26 bits per heavy atom. The summed E-state index contributed by atoms with van der Waals surface area (Å²) in [5.74, 6) is 1.67. The molecule has 1 aromatic carbocycles. The molecular weight excluding hydrogens is 264 g/mol. The van der Waals surface area contributed by atoms with Crippen LogP contribution in [0, 0.1) is 22.0 Å². The summed E-state index contributed by atoms with van der Waals surface area (Å²) in [6.45, 7) is 6.50. The molecule has 1 aromatic rings. The molecule has 4 nitrogen and oxygen atoms in total. The molecule has 1 saturated heterocycles. The maximum absolute atomic E-state index is 10.8. The van der Waals surface area contributed by atoms with E-state index in [1.165, 1.54) is 6.42 Å². The lowest BCUT2D eigenvalue weighted by molar-refractivity contribution is -0.384. The molecule has 1 aliphatic heterocycles. The maximum atomic E-state index is 10.8. The molecule has 0 saturated carbocycles. The highest BCUT2D eigenvalue weighted by Crippen LogP contribution is 2.32. The molecule has 5 heteroatoms. The minimum atomic E-state index is -0.374. The van der Waals surface area contributed by atoms with Crippen LogP contribution in [0.4, 0.5) is 11.4 Å². The van der Waals surface area contributed by atoms with Gasteiger partial charge in [0.05, 0.1) is 4.92 Å². The van der Waals surface area contributed by atoms with E-state index in [0.29, 0.717) is 17.7 Å². The fourth-order valence-corrected chi connectivity index (χ4v) is 2.87. The number of halogens is 1. The van der Waals surface area contributed by atoms with Gasteiger partial charge < -0.3 is 4.90 Å². The Labute approximate surface area is 118 Å². The lowest BCUT2D eigenvalue weighted by Gasteiger charge is -2.22. The van der Waals surface area contributed by atoms with Crippen LogP contribution < -0.4 is 4.90 Å². The van der Waals surface area contributed by atoms with Crippen LogP contribution in [0.1, 0.15) is 25.8 Å². The van der Waals surface area contributed by atoms with Crippen LogP contribution >= 0.6 is 11.6 Å². The van der Waals surface area contributed by atoms with Crippen molar-refractivity contribution in [1.29, 1.82) is 0 Å². The van der Waals surface area contributed by atoms with Gasteiger partial charge in [0, 0.05) is 36.8 Å². The Morgan fingerprint density at radius 3 is 2.79 bits per heavy atom. The third kappa shape index (κ3) is 3.00. The Balaban J connectivity index is 2.23. The summed E-state index contributed by atoms with van der Waals surface area (Å²) in [7, 11) is 0. The first-order chi connectivity index (χ1) is 9.02. The summed E-state index contributed by atoms with van der Waals surface area (Å²) in [5, 5.41) is 10.8. The van der Waals surface area contributed by atoms with Crippen molar-refractivity contribution < 1.29 is 4.92 Å². The highest BCUT2D eigenvalue weighted by Gasteiger charge is 2.26. The molecule has 2 rings (SSSR count). The molecule has 0 aromatic heterocycles. The summed E-state index contributed by atoms with van der Waals surface area (Å²) in [6, 6.07) is 4.98. The highest BCUT2D eigenvalue weighted by molar-refractivity contribution is 6.17. The first-order valence-corrected chi connectivity index (χ1v) is 7.14. The van der Waals surface area contributed by atoms with E-state index >= 15 is 0 Å². The van der Waals surface area contributed by atoms with Crippen LogP contribution in [-0.2, 0) is 5.88 Å². The number of nitrogens with zero attached hydrogens (tertiary/aromatic N) is 2. The van der Waals surface area contributed by atoms with Crippen LogP contribution in [-0.4, -0.2) is 18.0 Å². The van der Waals surface area contributed by atoms with Crippen molar-refractivity contribution in [1.82, 2.24) is 0 Å². The van der Waals surface area contributed by atoms with Crippen molar-refractivity contribution in [3.8, 4) is 0 Å². The van der Waals surface area contributed by atoms with E-state index in [1.54, 1.807) is 12.1 Å². The lowest BCUT2D eigenvalue weighted by atomic mass is 9.95. The van der Waals surface area contributed by atoms with Crippen LogP contribution in [0.25, 0.3) is 0 Å². The second kappa shape index (κ2) is 5.78. The number of nitro benzene ring substituents is 1. The first-order valence-electron chi connectivity index (χ1n) is 6.61. The van der Waals surface area contributed by atoms with Crippen molar-refractivity contribution in [2.24, 2.45) is 11.8 Å². The average molecular weight is 283 g/mol. The number of anilines is 1. The fourth-order valence-electron chi connectivity index (χ4n) is 2.65. The molecule has 0 bridgehead atoms. The predicted molar refractivity (Wildman–Crippen MR) is 77.8 cm³/mol. The quantitative estimate of drug-likeness (QED) is 0.479. The molecule has 1 aliphatic rings. The van der Waals surface area contributed by atoms with Crippen molar-refractivity contribution in [2.45, 2.75) is 26.1 Å². The van der Waals surface area contributed by atoms with E-state index in [0.717, 1.165) is 24.3 Å². The largest absolute Gasteiger partial charge is 0.371 e. The lowest BCUT2D eigenvalue weighted by Crippen LogP contribution is -2.22. The van der Waals surface area contributed by atoms with Gasteiger partial charge in [-0.15, -0.1) is 11.6 Å². The molecule has 0 spiro atoms. The van der Waals surface area contributed by atoms with Gasteiger partial charge in [-0.2, -0.15) is 0 Å². The molecule has 0 amide bonds. The molecule has 19 heavy (non-hydrogen) atoms. The molecule has 1 fully saturated rings. The Hall–Kier alpha value is -1.29. The Kier molecular flexibility index (Phi) is 4.30. The average Bonchev–Trinajstić information content (AvgIpc) is 2.87. The monoisotopic (exact) mass is 282 g/mol. The van der Waals surface area contributed by atoms with E-state index in [-0.39, 0.29) is 10.6 Å². The highest BCUT2D eigenvalue weighted by atomic mass is 35.5. The Morgan fingerprint density at radius 1 is 1.53 bits per heavy atom. The van der Waals surface area contributed by atoms with E-state index < -0.39 is 0 Å². The number of rotatable bonds is 4. The van der Waals surface area contributed by atoms with Crippen LogP contribution in [0.15, 0.2) is 18.2 Å². The normalized spacial score (nSPS) is 19.2. The van der Waals surface area contributed by atoms with Crippen LogP contribution in [0.2, 0.25) is 0 Å². The third-order valence-electron chi connectivity index (χ3n) is 3.93. The summed E-state index contributed by atoms with van der Waals surface area (Å²) in [5.41, 5.74) is 2.00. The molecular formula is C14H19ClN2O2. The summed E-state index contributed by atoms with van der Waals surface area (Å²) in [4.78, 5) is 12.7. The number of benzene rings is 1. The minimum Gasteiger partial charge on any atom is -0.371 e. The van der Waals surface area contributed by atoms with Gasteiger partial charge in [0.2, 0.25) is 0 Å². The number of non-ortho nitro benzene ring substituents is 1. The predicted octanol–water partition coefficient (Wildman–Crippen LogP) is 3.82. The van der Waals surface area contributed by atoms with Gasteiger partial charge in [0.1, 0.15) is 0 Å². The van der Waals surface area contributed by atoms with E-state index in [4.69, 9.17) is 11.6 Å². The van der Waals surface area contributed by atoms with E-state index in [1.807, 2.05) is 6.07 Å². The third-order valence-corrected chi connectivity index (χ3v) is 4.21. The van der Waals surface area contributed by atoms with Crippen molar-refractivity contribution >= 4 is 23.0 Å². The molecule has 1 atom stereocenters. The topological polar surface area (TPSA) is 46.4 Å². The zero-order valence-corrected chi connectivity index (χ0v) is 12.1. The number of alkyl halides is 1. The maximum Gasteiger partial charge on any atom is 0.269 e. The van der Waals surface area contributed by atoms with Crippen LogP contribution in [0.5, 0.6) is 0 Å². The summed E-state index contributed by atoms with van der Waals surface area (Å²) >= 11 is 5.94.